The summed E-state index contributed by atoms with van der Waals surface area (Å²) in [5, 5.41) is 9.38. The van der Waals surface area contributed by atoms with Crippen LogP contribution in [0.5, 0.6) is 11.5 Å². The first-order valence-electron chi connectivity index (χ1n) is 7.36. The van der Waals surface area contributed by atoms with Gasteiger partial charge in [0.2, 0.25) is 0 Å². The van der Waals surface area contributed by atoms with Crippen molar-refractivity contribution in [2.45, 2.75) is 18.8 Å². The molecule has 1 unspecified atom stereocenters. The maximum atomic E-state index is 13.4. The van der Waals surface area contributed by atoms with E-state index in [9.17, 15) is 14.3 Å². The summed E-state index contributed by atoms with van der Waals surface area (Å²) in [6, 6.07) is 13.1. The van der Waals surface area contributed by atoms with Crippen molar-refractivity contribution >= 4 is 5.97 Å². The van der Waals surface area contributed by atoms with Crippen molar-refractivity contribution in [2.75, 3.05) is 13.7 Å². The summed E-state index contributed by atoms with van der Waals surface area (Å²) in [6.45, 7) is 0.265. The quantitative estimate of drug-likeness (QED) is 0.751. The number of carbonyl (C=O) groups is 1. The minimum Gasteiger partial charge on any atom is -0.497 e. The number of methoxy groups -OCH3 is 1. The van der Waals surface area contributed by atoms with E-state index in [-0.39, 0.29) is 12.4 Å². The van der Waals surface area contributed by atoms with Crippen LogP contribution in [0.2, 0.25) is 0 Å². The van der Waals surface area contributed by atoms with E-state index < -0.39 is 17.7 Å². The third-order valence-corrected chi connectivity index (χ3v) is 3.55. The molecule has 2 aromatic rings. The molecule has 5 heteroatoms. The molecule has 0 spiro atoms. The van der Waals surface area contributed by atoms with E-state index in [2.05, 4.69) is 0 Å². The number of carboxylic acid groups (broad SMARTS) is 1. The molecule has 0 amide bonds. The number of rotatable bonds is 8. The predicted molar refractivity (Wildman–Crippen MR) is 84.5 cm³/mol. The highest BCUT2D eigenvalue weighted by Gasteiger charge is 2.19. The fourth-order valence-electron chi connectivity index (χ4n) is 2.30. The van der Waals surface area contributed by atoms with Crippen molar-refractivity contribution in [1.29, 1.82) is 0 Å². The van der Waals surface area contributed by atoms with E-state index in [1.165, 1.54) is 6.07 Å². The van der Waals surface area contributed by atoms with Gasteiger partial charge < -0.3 is 14.6 Å². The highest BCUT2D eigenvalue weighted by molar-refractivity contribution is 5.76. The summed E-state index contributed by atoms with van der Waals surface area (Å²) in [5.74, 6) is -1.06. The van der Waals surface area contributed by atoms with Crippen molar-refractivity contribution in [3.63, 3.8) is 0 Å². The maximum absolute atomic E-state index is 13.4. The predicted octanol–water partition coefficient (Wildman–Crippen LogP) is 3.86. The molecule has 0 saturated carbocycles. The second-order valence-electron chi connectivity index (χ2n) is 5.09. The van der Waals surface area contributed by atoms with Crippen LogP contribution in [0.4, 0.5) is 4.39 Å². The zero-order valence-electron chi connectivity index (χ0n) is 12.9. The Morgan fingerprint density at radius 1 is 1.17 bits per heavy atom. The van der Waals surface area contributed by atoms with Gasteiger partial charge in [-0.2, -0.15) is 0 Å². The van der Waals surface area contributed by atoms with Gasteiger partial charge in [0.05, 0.1) is 19.6 Å². The molecule has 0 fully saturated rings. The largest absolute Gasteiger partial charge is 0.497 e. The van der Waals surface area contributed by atoms with E-state index in [1.54, 1.807) is 49.6 Å². The second kappa shape index (κ2) is 8.17. The van der Waals surface area contributed by atoms with Crippen molar-refractivity contribution in [3.05, 3.63) is 59.9 Å². The van der Waals surface area contributed by atoms with Crippen LogP contribution in [0.1, 0.15) is 24.3 Å². The SMILES string of the molecule is COc1ccc(C(CCCOc2ccccc2F)C(=O)O)cc1. The first-order chi connectivity index (χ1) is 11.1. The molecule has 23 heavy (non-hydrogen) atoms. The van der Waals surface area contributed by atoms with Crippen LogP contribution in [0.15, 0.2) is 48.5 Å². The Kier molecular flexibility index (Phi) is 5.97. The number of para-hydroxylation sites is 1. The Hall–Kier alpha value is -2.56. The lowest BCUT2D eigenvalue weighted by molar-refractivity contribution is -0.139. The van der Waals surface area contributed by atoms with E-state index in [4.69, 9.17) is 9.47 Å². The minimum absolute atomic E-state index is 0.184. The van der Waals surface area contributed by atoms with Gasteiger partial charge in [0.1, 0.15) is 5.75 Å². The zero-order valence-corrected chi connectivity index (χ0v) is 12.9. The fraction of sp³-hybridized carbons (Fsp3) is 0.278. The van der Waals surface area contributed by atoms with Crippen LogP contribution < -0.4 is 9.47 Å². The summed E-state index contributed by atoms with van der Waals surface area (Å²) in [5.41, 5.74) is 0.712. The Morgan fingerprint density at radius 2 is 1.87 bits per heavy atom. The molecule has 1 N–H and O–H groups in total. The highest BCUT2D eigenvalue weighted by Crippen LogP contribution is 2.24. The minimum atomic E-state index is -0.888. The normalized spacial score (nSPS) is 11.7. The first-order valence-corrected chi connectivity index (χ1v) is 7.36. The topological polar surface area (TPSA) is 55.8 Å². The van der Waals surface area contributed by atoms with Gasteiger partial charge in [0, 0.05) is 0 Å². The van der Waals surface area contributed by atoms with Crippen LogP contribution in [0, 0.1) is 5.82 Å². The van der Waals surface area contributed by atoms with Crippen LogP contribution in [-0.4, -0.2) is 24.8 Å². The van der Waals surface area contributed by atoms with Crippen LogP contribution >= 0.6 is 0 Å². The van der Waals surface area contributed by atoms with E-state index in [1.807, 2.05) is 0 Å². The molecule has 0 aliphatic rings. The number of carboxylic acids is 1. The summed E-state index contributed by atoms with van der Waals surface area (Å²) < 4.78 is 23.8. The average Bonchev–Trinajstić information content (AvgIpc) is 2.56. The smallest absolute Gasteiger partial charge is 0.310 e. The Morgan fingerprint density at radius 3 is 2.48 bits per heavy atom. The number of hydrogen-bond donors (Lipinski definition) is 1. The van der Waals surface area contributed by atoms with Crippen LogP contribution in [0.3, 0.4) is 0 Å². The molecule has 2 rings (SSSR count). The van der Waals surface area contributed by atoms with E-state index >= 15 is 0 Å². The zero-order chi connectivity index (χ0) is 16.7. The molecule has 1 atom stereocenters. The van der Waals surface area contributed by atoms with Crippen molar-refractivity contribution in [2.24, 2.45) is 0 Å². The van der Waals surface area contributed by atoms with Crippen LogP contribution in [0.25, 0.3) is 0 Å². The van der Waals surface area contributed by atoms with Crippen LogP contribution in [-0.2, 0) is 4.79 Å². The first kappa shape index (κ1) is 16.8. The number of hydrogen-bond acceptors (Lipinski definition) is 3. The molecule has 0 radical (unpaired) electrons. The van der Waals surface area contributed by atoms with Gasteiger partial charge in [-0.15, -0.1) is 0 Å². The Bertz CT molecular complexity index is 640. The molecule has 4 nitrogen and oxygen atoms in total. The molecule has 122 valence electrons. The van der Waals surface area contributed by atoms with Crippen molar-refractivity contribution in [3.8, 4) is 11.5 Å². The number of halogens is 1. The standard InChI is InChI=1S/C18H19FO4/c1-22-14-10-8-13(9-11-14)15(18(20)21)5-4-12-23-17-7-3-2-6-16(17)19/h2-3,6-11,15H,4-5,12H2,1H3,(H,20,21). The lowest BCUT2D eigenvalue weighted by Crippen LogP contribution is -2.13. The molecule has 0 heterocycles. The third-order valence-electron chi connectivity index (χ3n) is 3.55. The van der Waals surface area contributed by atoms with Crippen molar-refractivity contribution < 1.29 is 23.8 Å². The molecule has 2 aromatic carbocycles. The number of ether oxygens (including phenoxy) is 2. The van der Waals surface area contributed by atoms with Gasteiger partial charge in [-0.05, 0) is 42.7 Å². The lowest BCUT2D eigenvalue weighted by atomic mass is 9.94. The van der Waals surface area contributed by atoms with Gasteiger partial charge in [-0.3, -0.25) is 4.79 Å². The molecule has 0 saturated heterocycles. The average molecular weight is 318 g/mol. The van der Waals surface area contributed by atoms with Gasteiger partial charge in [-0.25, -0.2) is 4.39 Å². The molecule has 0 aliphatic heterocycles. The number of aliphatic carboxylic acids is 1. The summed E-state index contributed by atoms with van der Waals surface area (Å²) >= 11 is 0. The summed E-state index contributed by atoms with van der Waals surface area (Å²) in [4.78, 5) is 11.4. The molecule has 0 aromatic heterocycles. The van der Waals surface area contributed by atoms with Gasteiger partial charge in [0.25, 0.3) is 0 Å². The molecule has 0 bridgehead atoms. The molecule has 0 aliphatic carbocycles. The molecular weight excluding hydrogens is 299 g/mol. The fourth-order valence-corrected chi connectivity index (χ4v) is 2.30. The maximum Gasteiger partial charge on any atom is 0.310 e. The van der Waals surface area contributed by atoms with Gasteiger partial charge >= 0.3 is 5.97 Å². The summed E-state index contributed by atoms with van der Waals surface area (Å²) in [7, 11) is 1.56. The van der Waals surface area contributed by atoms with E-state index in [0.29, 0.717) is 24.2 Å². The highest BCUT2D eigenvalue weighted by atomic mass is 19.1. The summed E-state index contributed by atoms with van der Waals surface area (Å²) in [6.07, 6.45) is 0.924. The third kappa shape index (κ3) is 4.71. The second-order valence-corrected chi connectivity index (χ2v) is 5.09. The monoisotopic (exact) mass is 318 g/mol. The van der Waals surface area contributed by atoms with Gasteiger partial charge in [-0.1, -0.05) is 24.3 Å². The Labute approximate surface area is 134 Å². The van der Waals surface area contributed by atoms with E-state index in [0.717, 1.165) is 0 Å². The molecular formula is C18H19FO4. The Balaban J connectivity index is 1.90. The van der Waals surface area contributed by atoms with Crippen molar-refractivity contribution in [1.82, 2.24) is 0 Å². The van der Waals surface area contributed by atoms with Gasteiger partial charge in [0.15, 0.2) is 11.6 Å². The number of benzene rings is 2. The lowest BCUT2D eigenvalue weighted by Gasteiger charge is -2.14.